The van der Waals surface area contributed by atoms with Crippen LogP contribution in [-0.2, 0) is 10.0 Å². The van der Waals surface area contributed by atoms with Gasteiger partial charge in [-0.25, -0.2) is 12.8 Å². The van der Waals surface area contributed by atoms with E-state index in [0.717, 1.165) is 6.07 Å². The minimum absolute atomic E-state index is 0.0664. The van der Waals surface area contributed by atoms with Gasteiger partial charge in [-0.2, -0.15) is 0 Å². The zero-order valence-electron chi connectivity index (χ0n) is 15.3. The summed E-state index contributed by atoms with van der Waals surface area (Å²) in [6, 6.07) is 5.21. The monoisotopic (exact) mass is 455 g/mol. The summed E-state index contributed by atoms with van der Waals surface area (Å²) in [5.41, 5.74) is 5.85. The summed E-state index contributed by atoms with van der Waals surface area (Å²) in [5.74, 6) is -2.37. The Morgan fingerprint density at radius 1 is 1.13 bits per heavy atom. The summed E-state index contributed by atoms with van der Waals surface area (Å²) < 4.78 is 53.0. The van der Waals surface area contributed by atoms with E-state index in [-0.39, 0.29) is 22.5 Å². The Balaban J connectivity index is 1.94. The largest absolute Gasteiger partial charge is 0.397 e. The molecule has 0 saturated heterocycles. The van der Waals surface area contributed by atoms with Gasteiger partial charge < -0.3 is 11.1 Å². The van der Waals surface area contributed by atoms with E-state index in [0.29, 0.717) is 11.2 Å². The number of amides is 1. The maximum atomic E-state index is 14.9. The van der Waals surface area contributed by atoms with Crippen molar-refractivity contribution in [3.05, 3.63) is 53.1 Å². The number of sulfonamides is 1. The molecule has 8 nitrogen and oxygen atoms in total. The quantitative estimate of drug-likeness (QED) is 0.501. The summed E-state index contributed by atoms with van der Waals surface area (Å²) >= 11 is 6.00. The van der Waals surface area contributed by atoms with Crippen molar-refractivity contribution in [3.63, 3.8) is 0 Å². The molecule has 0 fully saturated rings. The summed E-state index contributed by atoms with van der Waals surface area (Å²) in [6.07, 6.45) is 2.51. The van der Waals surface area contributed by atoms with Gasteiger partial charge in [0.1, 0.15) is 11.0 Å². The maximum absolute atomic E-state index is 14.9. The molecular formula is C18H16ClF2N5O3S. The molecule has 0 saturated carbocycles. The number of halogens is 3. The van der Waals surface area contributed by atoms with E-state index < -0.39 is 45.5 Å². The lowest BCUT2D eigenvalue weighted by atomic mass is 10.1. The third-order valence-corrected chi connectivity index (χ3v) is 5.71. The lowest BCUT2D eigenvalue weighted by Crippen LogP contribution is -2.19. The van der Waals surface area contributed by atoms with Crippen molar-refractivity contribution in [2.75, 3.05) is 28.2 Å². The van der Waals surface area contributed by atoms with Crippen LogP contribution in [0.4, 0.5) is 25.8 Å². The highest BCUT2D eigenvalue weighted by atomic mass is 35.5. The fourth-order valence-electron chi connectivity index (χ4n) is 2.64. The van der Waals surface area contributed by atoms with Crippen LogP contribution in [0.1, 0.15) is 16.8 Å². The van der Waals surface area contributed by atoms with Crippen molar-refractivity contribution in [3.8, 4) is 0 Å². The third-order valence-electron chi connectivity index (χ3n) is 4.04. The number of nitrogens with one attached hydrogen (secondary N) is 2. The number of fused-ring (bicyclic) bond motifs is 1. The van der Waals surface area contributed by atoms with Crippen LogP contribution in [-0.4, -0.2) is 36.7 Å². The van der Waals surface area contributed by atoms with E-state index in [2.05, 4.69) is 15.3 Å². The molecule has 0 aliphatic heterocycles. The highest BCUT2D eigenvalue weighted by molar-refractivity contribution is 7.92. The molecule has 0 atom stereocenters. The number of hydrogen-bond acceptors (Lipinski definition) is 6. The molecule has 158 valence electrons. The van der Waals surface area contributed by atoms with Crippen molar-refractivity contribution < 1.29 is 22.0 Å². The number of rotatable bonds is 7. The molecule has 0 aliphatic carbocycles. The topological polar surface area (TPSA) is 127 Å². The number of pyridine rings is 2. The normalized spacial score (nSPS) is 11.4. The van der Waals surface area contributed by atoms with Crippen molar-refractivity contribution in [1.29, 1.82) is 0 Å². The zero-order valence-corrected chi connectivity index (χ0v) is 16.9. The molecule has 0 bridgehead atoms. The molecule has 3 aromatic rings. The fraction of sp³-hybridized carbons (Fsp3) is 0.167. The van der Waals surface area contributed by atoms with Crippen LogP contribution in [0.5, 0.6) is 0 Å². The van der Waals surface area contributed by atoms with Gasteiger partial charge in [-0.1, -0.05) is 11.6 Å². The molecule has 2 heterocycles. The Labute approximate surface area is 175 Å². The van der Waals surface area contributed by atoms with Gasteiger partial charge >= 0.3 is 0 Å². The predicted octanol–water partition coefficient (Wildman–Crippen LogP) is 3.36. The Morgan fingerprint density at radius 3 is 2.57 bits per heavy atom. The zero-order chi connectivity index (χ0) is 21.9. The van der Waals surface area contributed by atoms with Crippen LogP contribution < -0.4 is 15.8 Å². The lowest BCUT2D eigenvalue weighted by molar-refractivity contribution is 0.102. The van der Waals surface area contributed by atoms with E-state index in [9.17, 15) is 22.0 Å². The van der Waals surface area contributed by atoms with Gasteiger partial charge in [-0.15, -0.1) is 0 Å². The summed E-state index contributed by atoms with van der Waals surface area (Å²) in [5, 5.41) is 2.17. The molecule has 1 aromatic carbocycles. The first-order chi connectivity index (χ1) is 14.2. The molecule has 30 heavy (non-hydrogen) atoms. The van der Waals surface area contributed by atoms with Gasteiger partial charge in [0.05, 0.1) is 40.1 Å². The Morgan fingerprint density at radius 2 is 1.83 bits per heavy atom. The minimum Gasteiger partial charge on any atom is -0.397 e. The van der Waals surface area contributed by atoms with E-state index in [4.69, 9.17) is 17.3 Å². The number of nitrogens with zero attached hydrogens (tertiary/aromatic N) is 2. The molecule has 0 spiro atoms. The van der Waals surface area contributed by atoms with Crippen molar-refractivity contribution >= 4 is 55.6 Å². The highest BCUT2D eigenvalue weighted by Crippen LogP contribution is 2.32. The van der Waals surface area contributed by atoms with Gasteiger partial charge in [-0.05, 0) is 30.7 Å². The summed E-state index contributed by atoms with van der Waals surface area (Å²) in [4.78, 5) is 20.9. The molecular weight excluding hydrogens is 440 g/mol. The molecule has 3 rings (SSSR count). The minimum atomic E-state index is -3.98. The van der Waals surface area contributed by atoms with Crippen LogP contribution in [0, 0.1) is 5.82 Å². The Hall–Kier alpha value is -3.05. The van der Waals surface area contributed by atoms with E-state index in [1.165, 1.54) is 30.6 Å². The van der Waals surface area contributed by atoms with Crippen LogP contribution >= 0.6 is 11.6 Å². The third kappa shape index (κ3) is 4.57. The number of alkyl halides is 1. The fourth-order valence-corrected chi connectivity index (χ4v) is 3.92. The van der Waals surface area contributed by atoms with E-state index in [1.807, 2.05) is 4.72 Å². The molecule has 1 amide bonds. The number of nitrogens with two attached hydrogens (primary N) is 1. The van der Waals surface area contributed by atoms with Crippen LogP contribution in [0.15, 0.2) is 36.7 Å². The van der Waals surface area contributed by atoms with Gasteiger partial charge in [0.15, 0.2) is 5.82 Å². The number of benzene rings is 1. The van der Waals surface area contributed by atoms with Crippen molar-refractivity contribution in [2.45, 2.75) is 6.42 Å². The molecule has 0 aliphatic rings. The number of nitrogen functional groups attached to an aromatic ring is 1. The maximum Gasteiger partial charge on any atom is 0.258 e. The number of carbonyl (C=O) groups excluding carboxylic acids is 1. The summed E-state index contributed by atoms with van der Waals surface area (Å²) in [6.45, 7) is -0.830. The van der Waals surface area contributed by atoms with E-state index in [1.54, 1.807) is 0 Å². The second-order valence-corrected chi connectivity index (χ2v) is 8.41. The lowest BCUT2D eigenvalue weighted by Gasteiger charge is -2.14. The Bertz CT molecular complexity index is 1220. The highest BCUT2D eigenvalue weighted by Gasteiger charge is 2.21. The van der Waals surface area contributed by atoms with Crippen LogP contribution in [0.3, 0.4) is 0 Å². The standard InChI is InChI=1S/C18H16ClF2N5O3S/c19-11-2-3-13(26-30(28,29)9-1-6-20)14(21)16(11)25-18(27)10-4-7-24-17-12(22)5-8-23-15(10)17/h2-5,7-8,26H,1,6,9H2,(H2,22,23)(H,25,27). The first-order valence-electron chi connectivity index (χ1n) is 8.58. The number of aromatic nitrogens is 2. The van der Waals surface area contributed by atoms with Gasteiger partial charge in [0.2, 0.25) is 10.0 Å². The van der Waals surface area contributed by atoms with Gasteiger partial charge in [-0.3, -0.25) is 23.9 Å². The van der Waals surface area contributed by atoms with Crippen molar-refractivity contribution in [2.24, 2.45) is 0 Å². The number of hydrogen-bond donors (Lipinski definition) is 3. The molecule has 0 radical (unpaired) electrons. The first kappa shape index (κ1) is 21.7. The second-order valence-electron chi connectivity index (χ2n) is 6.16. The Kier molecular flexibility index (Phi) is 6.32. The SMILES string of the molecule is Nc1ccnc2c(C(=O)Nc3c(Cl)ccc(NS(=O)(=O)CCCF)c3F)ccnc12. The second kappa shape index (κ2) is 8.76. The van der Waals surface area contributed by atoms with Crippen molar-refractivity contribution in [1.82, 2.24) is 9.97 Å². The van der Waals surface area contributed by atoms with Gasteiger partial charge in [0.25, 0.3) is 5.91 Å². The average molecular weight is 456 g/mol. The smallest absolute Gasteiger partial charge is 0.258 e. The summed E-state index contributed by atoms with van der Waals surface area (Å²) in [7, 11) is -3.98. The van der Waals surface area contributed by atoms with Crippen LogP contribution in [0.25, 0.3) is 11.0 Å². The predicted molar refractivity (Wildman–Crippen MR) is 111 cm³/mol. The molecule has 2 aromatic heterocycles. The van der Waals surface area contributed by atoms with Crippen LogP contribution in [0.2, 0.25) is 5.02 Å². The average Bonchev–Trinajstić information content (AvgIpc) is 2.71. The number of carbonyl (C=O) groups is 1. The first-order valence-corrected chi connectivity index (χ1v) is 10.6. The number of anilines is 3. The molecule has 0 unspecified atom stereocenters. The molecule has 4 N–H and O–H groups in total. The molecule has 12 heteroatoms. The van der Waals surface area contributed by atoms with Gasteiger partial charge in [0, 0.05) is 12.4 Å². The van der Waals surface area contributed by atoms with E-state index >= 15 is 0 Å².